The normalized spacial score (nSPS) is 15.8. The summed E-state index contributed by atoms with van der Waals surface area (Å²) in [5.74, 6) is 0.801. The van der Waals surface area contributed by atoms with Crippen LogP contribution in [0, 0.1) is 0 Å². The molecule has 1 atom stereocenters. The molecular formula is C18H34O19S5. The molecule has 0 aliphatic carbocycles. The number of carboxylic acid groups (broad SMARTS) is 5. The van der Waals surface area contributed by atoms with Crippen molar-refractivity contribution in [3.05, 3.63) is 13.2 Å². The molecule has 3 heterocycles. The fraction of sp³-hybridized carbons (Fsp3) is 0.556. The Morgan fingerprint density at radius 2 is 1.14 bits per heavy atom. The number of ether oxygens (including phenoxy) is 3. The summed E-state index contributed by atoms with van der Waals surface area (Å²) in [6.07, 6.45) is 0.865. The van der Waals surface area contributed by atoms with Gasteiger partial charge in [-0.15, -0.1) is 13.2 Å². The predicted octanol–water partition coefficient (Wildman–Crippen LogP) is 3.55. The van der Waals surface area contributed by atoms with Crippen LogP contribution in [0.3, 0.4) is 0 Å². The van der Waals surface area contributed by atoms with Gasteiger partial charge in [-0.1, -0.05) is 37.9 Å². The molecule has 3 aliphatic rings. The van der Waals surface area contributed by atoms with E-state index < -0.39 is 49.4 Å². The highest BCUT2D eigenvalue weighted by atomic mass is 32.2. The second-order valence-corrected chi connectivity index (χ2v) is 9.95. The second-order valence-electron chi connectivity index (χ2n) is 6.03. The summed E-state index contributed by atoms with van der Waals surface area (Å²) in [5, 5.41) is 32.4. The molecule has 0 aromatic heterocycles. The van der Waals surface area contributed by atoms with Crippen molar-refractivity contribution in [2.45, 2.75) is 38.7 Å². The molecule has 0 saturated carbocycles. The Hall–Kier alpha value is -2.77. The van der Waals surface area contributed by atoms with Crippen LogP contribution in [-0.2, 0) is 40.2 Å². The van der Waals surface area contributed by atoms with Gasteiger partial charge in [0, 0.05) is 6.42 Å². The van der Waals surface area contributed by atoms with Crippen molar-refractivity contribution in [3.63, 3.8) is 0 Å². The minimum atomic E-state index is -2.61. The molecule has 3 fully saturated rings. The van der Waals surface area contributed by atoms with Crippen LogP contribution >= 0.6 is 37.9 Å². The molecule has 0 aromatic carbocycles. The van der Waals surface area contributed by atoms with Crippen molar-refractivity contribution in [1.29, 1.82) is 0 Å². The molecule has 7 N–H and O–H groups in total. The Labute approximate surface area is 259 Å². The third-order valence-corrected chi connectivity index (χ3v) is 4.50. The van der Waals surface area contributed by atoms with Crippen LogP contribution in [0.5, 0.6) is 0 Å². The van der Waals surface area contributed by atoms with E-state index in [9.17, 15) is 18.0 Å². The highest BCUT2D eigenvalue weighted by molar-refractivity contribution is 7.96. The molecule has 42 heavy (non-hydrogen) atoms. The van der Waals surface area contributed by atoms with Crippen molar-refractivity contribution in [1.82, 2.24) is 0 Å². The lowest BCUT2D eigenvalue weighted by Gasteiger charge is -1.90. The molecule has 3 aliphatic heterocycles. The first-order chi connectivity index (χ1) is 19.0. The van der Waals surface area contributed by atoms with E-state index in [-0.39, 0.29) is 12.1 Å². The molecular weight excluding hydrogens is 681 g/mol. The Bertz CT molecular complexity index is 784. The smallest absolute Gasteiger partial charge is 0.473 e. The third kappa shape index (κ3) is 98.9. The number of hydrogen-bond donors (Lipinski definition) is 10. The maximum Gasteiger partial charge on any atom is 0.508 e. The third-order valence-electron chi connectivity index (χ3n) is 2.68. The van der Waals surface area contributed by atoms with Gasteiger partial charge in [0.05, 0.1) is 18.1 Å². The number of carbonyl (C=O) groups excluding carboxylic acids is 2. The Kier molecular flexibility index (Phi) is 44.8. The van der Waals surface area contributed by atoms with Crippen molar-refractivity contribution >= 4 is 93.3 Å². The summed E-state index contributed by atoms with van der Waals surface area (Å²) in [4.78, 5) is 55.2. The number of sulfone groups is 1. The lowest BCUT2D eigenvalue weighted by molar-refractivity contribution is -0.137. The summed E-state index contributed by atoms with van der Waals surface area (Å²) in [6, 6.07) is 0. The van der Waals surface area contributed by atoms with Crippen LogP contribution in [0.25, 0.3) is 0 Å². The first-order valence-corrected chi connectivity index (χ1v) is 14.4. The maximum atomic E-state index is 10.4. The number of esters is 1. The van der Waals surface area contributed by atoms with Crippen LogP contribution < -0.4 is 0 Å². The summed E-state index contributed by atoms with van der Waals surface area (Å²) in [5.41, 5.74) is 0. The van der Waals surface area contributed by atoms with E-state index in [0.29, 0.717) is 31.1 Å². The van der Waals surface area contributed by atoms with Crippen LogP contribution in [-0.4, -0.2) is 112 Å². The van der Waals surface area contributed by atoms with E-state index in [2.05, 4.69) is 65.3 Å². The number of carbonyl (C=O) groups is 6. The lowest BCUT2D eigenvalue weighted by atomic mass is 10.4. The highest BCUT2D eigenvalue weighted by Gasteiger charge is 2.19. The number of thiol groups is 3. The molecule has 19 nitrogen and oxygen atoms in total. The van der Waals surface area contributed by atoms with Gasteiger partial charge in [-0.05, 0) is 26.2 Å². The van der Waals surface area contributed by atoms with Gasteiger partial charge >= 0.3 is 34.2 Å². The van der Waals surface area contributed by atoms with Crippen LogP contribution in [0.15, 0.2) is 13.2 Å². The van der Waals surface area contributed by atoms with Gasteiger partial charge < -0.3 is 39.7 Å². The van der Waals surface area contributed by atoms with E-state index >= 15 is 0 Å². The summed E-state index contributed by atoms with van der Waals surface area (Å²) in [6.45, 7) is 8.82. The second kappa shape index (κ2) is 36.3. The van der Waals surface area contributed by atoms with E-state index in [0.717, 1.165) is 19.3 Å². The van der Waals surface area contributed by atoms with Crippen molar-refractivity contribution in [3.8, 4) is 0 Å². The standard InChI is InChI=1S/C4H6O3.C4H8O2S.C4H6O2.C2H4.CH2O3.3CH2O2S.H2O3S/c1-3-2-6-4(5)7-3;5-7(6)3-1-2-4-7;5-4-2-1-3-6-4;1-2;4*2-1(3)4;1-4(2)3/h3H,2H2,1H3;1-4H2;1-3H2;1-2H2;(H2,2,3,4);3*4H,(H,2,3);(H2,1,2,3). The minimum absolute atomic E-state index is 0.0463. The average Bonchev–Trinajstić information content (AvgIpc) is 3.51. The lowest BCUT2D eigenvalue weighted by Crippen LogP contribution is -2.01. The van der Waals surface area contributed by atoms with Gasteiger partial charge in [0.2, 0.25) is 0 Å². The summed E-state index contributed by atoms with van der Waals surface area (Å²) in [7, 11) is -2.55. The molecule has 3 saturated heterocycles. The van der Waals surface area contributed by atoms with Crippen molar-refractivity contribution in [2.75, 3.05) is 24.7 Å². The number of rotatable bonds is 0. The Balaban J connectivity index is -0.0000000888. The first kappa shape index (κ1) is 51.9. The predicted molar refractivity (Wildman–Crippen MR) is 156 cm³/mol. The molecule has 1 unspecified atom stereocenters. The van der Waals surface area contributed by atoms with Gasteiger partial charge in [-0.3, -0.25) is 13.9 Å². The highest BCUT2D eigenvalue weighted by Crippen LogP contribution is 2.08. The topological polar surface area (TPSA) is 323 Å². The molecule has 0 bridgehead atoms. The first-order valence-electron chi connectivity index (χ1n) is 10.2. The van der Waals surface area contributed by atoms with Gasteiger partial charge in [0.15, 0.2) is 0 Å². The van der Waals surface area contributed by atoms with E-state index in [1.54, 1.807) is 6.92 Å². The quantitative estimate of drug-likeness (QED) is 0.0742. The zero-order chi connectivity index (χ0) is 34.9. The Morgan fingerprint density at radius 1 is 0.833 bits per heavy atom. The summed E-state index contributed by atoms with van der Waals surface area (Å²) < 4.78 is 57.1. The van der Waals surface area contributed by atoms with E-state index in [4.69, 9.17) is 58.0 Å². The van der Waals surface area contributed by atoms with Crippen molar-refractivity contribution in [2.24, 2.45) is 0 Å². The number of hydrogen-bond acceptors (Lipinski definition) is 12. The van der Waals surface area contributed by atoms with Gasteiger partial charge in [-0.25, -0.2) is 32.4 Å². The van der Waals surface area contributed by atoms with Crippen molar-refractivity contribution < 1.29 is 90.2 Å². The van der Waals surface area contributed by atoms with Crippen LogP contribution in [0.2, 0.25) is 0 Å². The number of cyclic esters (lactones) is 3. The van der Waals surface area contributed by atoms with Crippen LogP contribution in [0.4, 0.5) is 24.0 Å². The largest absolute Gasteiger partial charge is 0.508 e. The minimum Gasteiger partial charge on any atom is -0.473 e. The molecule has 24 heteroatoms. The summed E-state index contributed by atoms with van der Waals surface area (Å²) >= 11 is 6.04. The zero-order valence-electron chi connectivity index (χ0n) is 21.8. The molecule has 0 spiro atoms. The average molecular weight is 715 g/mol. The Morgan fingerprint density at radius 3 is 1.21 bits per heavy atom. The fourth-order valence-corrected chi connectivity index (χ4v) is 3.13. The zero-order valence-corrected chi connectivity index (χ0v) is 26.2. The molecule has 0 aromatic rings. The van der Waals surface area contributed by atoms with E-state index in [1.807, 2.05) is 0 Å². The van der Waals surface area contributed by atoms with Gasteiger partial charge in [-0.2, -0.15) is 4.21 Å². The van der Waals surface area contributed by atoms with Gasteiger partial charge in [0.25, 0.3) is 11.4 Å². The molecule has 0 amide bonds. The van der Waals surface area contributed by atoms with Crippen LogP contribution in [0.1, 0.15) is 32.6 Å². The SMILES string of the molecule is C=C.CC1COC(=O)O1.O=C(O)O.O=C(O)S.O=C(O)S.O=C(O)S.O=C1CCCO1.O=S(O)O.O=S1(=O)CCCC1. The van der Waals surface area contributed by atoms with E-state index in [1.165, 1.54) is 0 Å². The molecule has 250 valence electrons. The monoisotopic (exact) mass is 714 g/mol. The maximum absolute atomic E-state index is 10.4. The van der Waals surface area contributed by atoms with Gasteiger partial charge in [0.1, 0.15) is 22.5 Å². The molecule has 3 rings (SSSR count). The molecule has 0 radical (unpaired) electrons. The fourth-order valence-electron chi connectivity index (χ4n) is 1.64.